The Morgan fingerprint density at radius 3 is 2.23 bits per heavy atom. The molecule has 0 radical (unpaired) electrons. The first kappa shape index (κ1) is 20.1. The molecular formula is C25H20N2O4. The molecule has 1 heterocycles. The lowest BCUT2D eigenvalue weighted by Crippen LogP contribution is -2.54. The number of carbonyl (C=O) groups is 3. The van der Waals surface area contributed by atoms with E-state index in [1.165, 1.54) is 6.08 Å². The second kappa shape index (κ2) is 8.67. The largest absolute Gasteiger partial charge is 0.489 e. The lowest BCUT2D eigenvalue weighted by atomic mass is 10.1. The molecule has 0 bridgehead atoms. The summed E-state index contributed by atoms with van der Waals surface area (Å²) in [4.78, 5) is 38.4. The van der Waals surface area contributed by atoms with Gasteiger partial charge in [0.2, 0.25) is 0 Å². The maximum atomic E-state index is 12.9. The van der Waals surface area contributed by atoms with Crippen LogP contribution in [0.4, 0.5) is 10.5 Å². The Kier molecular flexibility index (Phi) is 5.62. The van der Waals surface area contributed by atoms with Gasteiger partial charge in [-0.15, -0.1) is 0 Å². The van der Waals surface area contributed by atoms with Crippen LogP contribution in [0.5, 0.6) is 5.75 Å². The number of urea groups is 1. The van der Waals surface area contributed by atoms with Gasteiger partial charge in [0.05, 0.1) is 5.69 Å². The van der Waals surface area contributed by atoms with E-state index in [4.69, 9.17) is 4.74 Å². The predicted molar refractivity (Wildman–Crippen MR) is 117 cm³/mol. The van der Waals surface area contributed by atoms with E-state index in [2.05, 4.69) is 5.32 Å². The molecule has 1 saturated heterocycles. The molecule has 6 heteroatoms. The van der Waals surface area contributed by atoms with E-state index in [1.54, 1.807) is 48.5 Å². The van der Waals surface area contributed by atoms with Gasteiger partial charge in [0.1, 0.15) is 17.9 Å². The van der Waals surface area contributed by atoms with E-state index < -0.39 is 17.8 Å². The van der Waals surface area contributed by atoms with Gasteiger partial charge in [0.25, 0.3) is 11.8 Å². The van der Waals surface area contributed by atoms with Crippen molar-refractivity contribution in [2.24, 2.45) is 0 Å². The minimum Gasteiger partial charge on any atom is -0.489 e. The Hall–Kier alpha value is -4.19. The Balaban J connectivity index is 1.52. The summed E-state index contributed by atoms with van der Waals surface area (Å²) in [5, 5.41) is 2.23. The second-order valence-electron chi connectivity index (χ2n) is 7.14. The summed E-state index contributed by atoms with van der Waals surface area (Å²) in [6, 6.07) is 23.0. The van der Waals surface area contributed by atoms with Crippen LogP contribution in [0.1, 0.15) is 16.7 Å². The molecule has 1 fully saturated rings. The zero-order chi connectivity index (χ0) is 21.8. The quantitative estimate of drug-likeness (QED) is 0.502. The SMILES string of the molecule is Cc1ccc(N2C(=O)NC(=O)C(=Cc3ccc(OCc4ccccc4)cc3)C2=O)cc1. The first-order chi connectivity index (χ1) is 15.0. The maximum absolute atomic E-state index is 12.9. The molecule has 4 amide bonds. The number of benzene rings is 3. The van der Waals surface area contributed by atoms with Gasteiger partial charge in [0, 0.05) is 0 Å². The molecule has 6 nitrogen and oxygen atoms in total. The van der Waals surface area contributed by atoms with Crippen LogP contribution in [0.3, 0.4) is 0 Å². The zero-order valence-corrected chi connectivity index (χ0v) is 16.9. The highest BCUT2D eigenvalue weighted by Crippen LogP contribution is 2.23. The van der Waals surface area contributed by atoms with Crippen LogP contribution in [-0.2, 0) is 16.2 Å². The molecule has 0 aliphatic carbocycles. The highest BCUT2D eigenvalue weighted by atomic mass is 16.5. The molecular weight excluding hydrogens is 392 g/mol. The zero-order valence-electron chi connectivity index (χ0n) is 16.9. The fourth-order valence-corrected chi connectivity index (χ4v) is 3.15. The van der Waals surface area contributed by atoms with Crippen molar-refractivity contribution in [2.75, 3.05) is 4.90 Å². The lowest BCUT2D eigenvalue weighted by Gasteiger charge is -2.26. The molecule has 1 aliphatic rings. The van der Waals surface area contributed by atoms with E-state index in [9.17, 15) is 14.4 Å². The molecule has 31 heavy (non-hydrogen) atoms. The van der Waals surface area contributed by atoms with Crippen LogP contribution in [0.15, 0.2) is 84.4 Å². The van der Waals surface area contributed by atoms with Crippen LogP contribution >= 0.6 is 0 Å². The second-order valence-corrected chi connectivity index (χ2v) is 7.14. The van der Waals surface area contributed by atoms with E-state index >= 15 is 0 Å². The topological polar surface area (TPSA) is 75.7 Å². The maximum Gasteiger partial charge on any atom is 0.335 e. The third-order valence-electron chi connectivity index (χ3n) is 4.83. The van der Waals surface area contributed by atoms with Gasteiger partial charge in [-0.2, -0.15) is 0 Å². The van der Waals surface area contributed by atoms with Crippen LogP contribution < -0.4 is 15.0 Å². The number of anilines is 1. The number of barbiturate groups is 1. The number of hydrogen-bond donors (Lipinski definition) is 1. The Labute approximate surface area is 179 Å². The molecule has 0 saturated carbocycles. The standard InChI is InChI=1S/C25H20N2O4/c1-17-7-11-20(12-8-17)27-24(29)22(23(28)26-25(27)30)15-18-9-13-21(14-10-18)31-16-19-5-3-2-4-6-19/h2-15H,16H2,1H3,(H,26,28,30). The molecule has 0 aromatic heterocycles. The summed E-state index contributed by atoms with van der Waals surface area (Å²) in [6.45, 7) is 2.35. The van der Waals surface area contributed by atoms with E-state index in [0.717, 1.165) is 16.0 Å². The first-order valence-corrected chi connectivity index (χ1v) is 9.76. The van der Waals surface area contributed by atoms with E-state index in [-0.39, 0.29) is 5.57 Å². The number of carbonyl (C=O) groups excluding carboxylic acids is 3. The first-order valence-electron chi connectivity index (χ1n) is 9.76. The van der Waals surface area contributed by atoms with Crippen molar-refractivity contribution in [3.63, 3.8) is 0 Å². The molecule has 1 N–H and O–H groups in total. The summed E-state index contributed by atoms with van der Waals surface area (Å²) < 4.78 is 5.76. The van der Waals surface area contributed by atoms with Crippen molar-refractivity contribution in [2.45, 2.75) is 13.5 Å². The number of rotatable bonds is 5. The Morgan fingerprint density at radius 1 is 0.871 bits per heavy atom. The lowest BCUT2D eigenvalue weighted by molar-refractivity contribution is -0.122. The van der Waals surface area contributed by atoms with Gasteiger partial charge in [-0.05, 0) is 48.4 Å². The highest BCUT2D eigenvalue weighted by molar-refractivity contribution is 6.39. The molecule has 154 valence electrons. The minimum atomic E-state index is -0.763. The molecule has 0 atom stereocenters. The van der Waals surface area contributed by atoms with E-state index in [0.29, 0.717) is 23.6 Å². The van der Waals surface area contributed by atoms with Crippen molar-refractivity contribution in [3.05, 3.63) is 101 Å². The molecule has 1 aliphatic heterocycles. The van der Waals surface area contributed by atoms with Crippen molar-refractivity contribution < 1.29 is 19.1 Å². The summed E-state index contributed by atoms with van der Waals surface area (Å²) in [7, 11) is 0. The number of nitrogens with one attached hydrogen (secondary N) is 1. The van der Waals surface area contributed by atoms with Crippen molar-refractivity contribution in [1.82, 2.24) is 5.32 Å². The third-order valence-corrected chi connectivity index (χ3v) is 4.83. The van der Waals surface area contributed by atoms with Crippen molar-refractivity contribution in [1.29, 1.82) is 0 Å². The number of imide groups is 2. The highest BCUT2D eigenvalue weighted by Gasteiger charge is 2.36. The van der Waals surface area contributed by atoms with Crippen molar-refractivity contribution >= 4 is 29.6 Å². The monoisotopic (exact) mass is 412 g/mol. The summed E-state index contributed by atoms with van der Waals surface area (Å²) in [5.74, 6) is -0.716. The molecule has 3 aromatic rings. The van der Waals surface area contributed by atoms with Crippen LogP contribution in [0.2, 0.25) is 0 Å². The summed E-state index contributed by atoms with van der Waals surface area (Å²) >= 11 is 0. The fourth-order valence-electron chi connectivity index (χ4n) is 3.15. The fraction of sp³-hybridized carbons (Fsp3) is 0.0800. The number of hydrogen-bond acceptors (Lipinski definition) is 4. The van der Waals surface area contributed by atoms with Gasteiger partial charge in [-0.3, -0.25) is 14.9 Å². The molecule has 0 unspecified atom stereocenters. The van der Waals surface area contributed by atoms with E-state index in [1.807, 2.05) is 37.3 Å². The van der Waals surface area contributed by atoms with Gasteiger partial charge in [-0.25, -0.2) is 9.69 Å². The Bertz CT molecular complexity index is 1150. The molecule has 0 spiro atoms. The van der Waals surface area contributed by atoms with Gasteiger partial charge < -0.3 is 4.74 Å². The average molecular weight is 412 g/mol. The Morgan fingerprint density at radius 2 is 1.55 bits per heavy atom. The van der Waals surface area contributed by atoms with Crippen LogP contribution in [0, 0.1) is 6.92 Å². The number of aryl methyl sites for hydroxylation is 1. The predicted octanol–water partition coefficient (Wildman–Crippen LogP) is 4.24. The normalized spacial score (nSPS) is 15.2. The summed E-state index contributed by atoms with van der Waals surface area (Å²) in [5.41, 5.74) is 2.98. The number of amides is 4. The van der Waals surface area contributed by atoms with Crippen LogP contribution in [0.25, 0.3) is 6.08 Å². The molecule has 4 rings (SSSR count). The van der Waals surface area contributed by atoms with Gasteiger partial charge in [-0.1, -0.05) is 60.2 Å². The molecule has 3 aromatic carbocycles. The number of nitrogens with zero attached hydrogens (tertiary/aromatic N) is 1. The van der Waals surface area contributed by atoms with Gasteiger partial charge in [0.15, 0.2) is 0 Å². The third kappa shape index (κ3) is 4.53. The van der Waals surface area contributed by atoms with Crippen molar-refractivity contribution in [3.8, 4) is 5.75 Å². The van der Waals surface area contributed by atoms with Crippen LogP contribution in [-0.4, -0.2) is 17.8 Å². The minimum absolute atomic E-state index is 0.113. The summed E-state index contributed by atoms with van der Waals surface area (Å²) in [6.07, 6.45) is 1.46. The van der Waals surface area contributed by atoms with Gasteiger partial charge >= 0.3 is 6.03 Å². The average Bonchev–Trinajstić information content (AvgIpc) is 2.78. The number of ether oxygens (including phenoxy) is 1. The smallest absolute Gasteiger partial charge is 0.335 e.